The van der Waals surface area contributed by atoms with E-state index in [1.807, 2.05) is 0 Å². The van der Waals surface area contributed by atoms with Crippen LogP contribution in [0.3, 0.4) is 0 Å². The largest absolute Gasteiger partial charge is 0.374 e. The van der Waals surface area contributed by atoms with E-state index in [2.05, 4.69) is 5.32 Å². The molecular weight excluding hydrogens is 207 g/mol. The highest BCUT2D eigenvalue weighted by Gasteiger charge is 2.33. The van der Waals surface area contributed by atoms with Crippen molar-refractivity contribution in [2.24, 2.45) is 0 Å². The molecule has 84 valence electrons. The second kappa shape index (κ2) is 3.47. The molecule has 0 aromatic heterocycles. The second-order valence-electron chi connectivity index (χ2n) is 4.36. The van der Waals surface area contributed by atoms with Crippen molar-refractivity contribution in [2.45, 2.75) is 25.3 Å². The minimum absolute atomic E-state index is 0.0443. The highest BCUT2D eigenvalue weighted by atomic mass is 19.1. The van der Waals surface area contributed by atoms with Crippen LogP contribution in [0.4, 0.5) is 15.8 Å². The molecule has 1 saturated carbocycles. The molecule has 1 aromatic carbocycles. The Hall–Kier alpha value is -1.58. The number of nitrogens with one attached hydrogen (secondary N) is 1. The van der Waals surface area contributed by atoms with Crippen molar-refractivity contribution in [2.75, 3.05) is 16.8 Å². The van der Waals surface area contributed by atoms with E-state index in [1.165, 1.54) is 12.1 Å². The summed E-state index contributed by atoms with van der Waals surface area (Å²) in [5.74, 6) is -0.248. The number of rotatable bonds is 1. The van der Waals surface area contributed by atoms with Gasteiger partial charge in [-0.05, 0) is 37.5 Å². The standard InChI is InChI=1S/C12H13FN2O/c13-8-4-5-10-11(6-8)15(9-2-1-3-9)12(16)7-14-10/h4-6,9,14H,1-3,7H2. The van der Waals surface area contributed by atoms with Crippen LogP contribution in [0.15, 0.2) is 18.2 Å². The topological polar surface area (TPSA) is 32.3 Å². The summed E-state index contributed by atoms with van der Waals surface area (Å²) in [6, 6.07) is 4.83. The SMILES string of the molecule is O=C1CNc2ccc(F)cc2N1C1CCC1. The van der Waals surface area contributed by atoms with E-state index >= 15 is 0 Å². The monoisotopic (exact) mass is 220 g/mol. The van der Waals surface area contributed by atoms with Gasteiger partial charge >= 0.3 is 0 Å². The van der Waals surface area contributed by atoms with Crippen molar-refractivity contribution in [3.05, 3.63) is 24.0 Å². The Labute approximate surface area is 93.2 Å². The van der Waals surface area contributed by atoms with Crippen LogP contribution in [0, 0.1) is 5.82 Å². The van der Waals surface area contributed by atoms with E-state index < -0.39 is 0 Å². The molecule has 0 bridgehead atoms. The Morgan fingerprint density at radius 3 is 2.88 bits per heavy atom. The molecule has 1 heterocycles. The quantitative estimate of drug-likeness (QED) is 0.786. The predicted molar refractivity (Wildman–Crippen MR) is 60.0 cm³/mol. The van der Waals surface area contributed by atoms with Gasteiger partial charge in [0.25, 0.3) is 0 Å². The van der Waals surface area contributed by atoms with Gasteiger partial charge in [0.2, 0.25) is 5.91 Å². The van der Waals surface area contributed by atoms with Gasteiger partial charge in [-0.25, -0.2) is 4.39 Å². The molecule has 1 aliphatic carbocycles. The van der Waals surface area contributed by atoms with Gasteiger partial charge in [-0.15, -0.1) is 0 Å². The molecule has 0 atom stereocenters. The summed E-state index contributed by atoms with van der Waals surface area (Å²) in [4.78, 5) is 13.6. The molecule has 1 amide bonds. The summed E-state index contributed by atoms with van der Waals surface area (Å²) >= 11 is 0. The maximum atomic E-state index is 13.2. The van der Waals surface area contributed by atoms with Gasteiger partial charge in [-0.3, -0.25) is 4.79 Å². The molecule has 0 unspecified atom stereocenters. The summed E-state index contributed by atoms with van der Waals surface area (Å²) in [6.45, 7) is 0.315. The number of amides is 1. The number of carbonyl (C=O) groups is 1. The lowest BCUT2D eigenvalue weighted by Gasteiger charge is -2.40. The van der Waals surface area contributed by atoms with Crippen molar-refractivity contribution in [3.63, 3.8) is 0 Å². The van der Waals surface area contributed by atoms with Crippen LogP contribution in [0.25, 0.3) is 0 Å². The van der Waals surface area contributed by atoms with Gasteiger partial charge < -0.3 is 10.2 Å². The van der Waals surface area contributed by atoms with E-state index in [1.54, 1.807) is 11.0 Å². The molecule has 1 aliphatic heterocycles. The third-order valence-electron chi connectivity index (χ3n) is 3.36. The first-order valence-electron chi connectivity index (χ1n) is 5.61. The first-order valence-corrected chi connectivity index (χ1v) is 5.61. The lowest BCUT2D eigenvalue weighted by Crippen LogP contribution is -2.49. The number of nitrogens with zero attached hydrogens (tertiary/aromatic N) is 1. The van der Waals surface area contributed by atoms with Crippen LogP contribution in [-0.4, -0.2) is 18.5 Å². The molecule has 16 heavy (non-hydrogen) atoms. The minimum Gasteiger partial charge on any atom is -0.374 e. The van der Waals surface area contributed by atoms with Crippen LogP contribution in [0.5, 0.6) is 0 Å². The molecule has 1 aromatic rings. The van der Waals surface area contributed by atoms with Crippen LogP contribution >= 0.6 is 0 Å². The Morgan fingerprint density at radius 2 is 2.19 bits per heavy atom. The minimum atomic E-state index is -0.292. The number of anilines is 2. The Morgan fingerprint density at radius 1 is 1.38 bits per heavy atom. The smallest absolute Gasteiger partial charge is 0.246 e. The Balaban J connectivity index is 2.04. The fourth-order valence-corrected chi connectivity index (χ4v) is 2.29. The average molecular weight is 220 g/mol. The Bertz CT molecular complexity index is 443. The summed E-state index contributed by atoms with van der Waals surface area (Å²) in [5.41, 5.74) is 1.55. The normalized spacial score (nSPS) is 20.1. The summed E-state index contributed by atoms with van der Waals surface area (Å²) in [5, 5.41) is 3.01. The summed E-state index contributed by atoms with van der Waals surface area (Å²) in [6.07, 6.45) is 3.22. The second-order valence-corrected chi connectivity index (χ2v) is 4.36. The van der Waals surface area contributed by atoms with Gasteiger partial charge in [0, 0.05) is 6.04 Å². The molecule has 3 rings (SSSR count). The maximum Gasteiger partial charge on any atom is 0.246 e. The van der Waals surface area contributed by atoms with E-state index in [9.17, 15) is 9.18 Å². The molecule has 0 saturated heterocycles. The average Bonchev–Trinajstić information content (AvgIpc) is 2.20. The fraction of sp³-hybridized carbons (Fsp3) is 0.417. The van der Waals surface area contributed by atoms with Crippen LogP contribution in [0.2, 0.25) is 0 Å². The van der Waals surface area contributed by atoms with Gasteiger partial charge in [-0.2, -0.15) is 0 Å². The maximum absolute atomic E-state index is 13.2. The van der Waals surface area contributed by atoms with E-state index in [0.29, 0.717) is 12.2 Å². The number of carbonyl (C=O) groups excluding carboxylic acids is 1. The number of hydrogen-bond acceptors (Lipinski definition) is 2. The van der Waals surface area contributed by atoms with Crippen LogP contribution < -0.4 is 10.2 Å². The van der Waals surface area contributed by atoms with Crippen molar-refractivity contribution >= 4 is 17.3 Å². The van der Waals surface area contributed by atoms with Crippen LogP contribution in [0.1, 0.15) is 19.3 Å². The molecule has 1 fully saturated rings. The molecule has 4 heteroatoms. The zero-order chi connectivity index (χ0) is 11.1. The van der Waals surface area contributed by atoms with Gasteiger partial charge in [0.05, 0.1) is 17.9 Å². The van der Waals surface area contributed by atoms with Crippen molar-refractivity contribution in [1.29, 1.82) is 0 Å². The van der Waals surface area contributed by atoms with Crippen molar-refractivity contribution < 1.29 is 9.18 Å². The summed E-state index contributed by atoms with van der Waals surface area (Å²) in [7, 11) is 0. The van der Waals surface area contributed by atoms with E-state index in [0.717, 1.165) is 24.9 Å². The third kappa shape index (κ3) is 1.37. The number of benzene rings is 1. The first kappa shape index (κ1) is 9.63. The lowest BCUT2D eigenvalue weighted by atomic mass is 9.90. The molecule has 3 nitrogen and oxygen atoms in total. The Kier molecular flexibility index (Phi) is 2.09. The highest BCUT2D eigenvalue weighted by Crippen LogP contribution is 2.36. The van der Waals surface area contributed by atoms with Gasteiger partial charge in [0.15, 0.2) is 0 Å². The van der Waals surface area contributed by atoms with Gasteiger partial charge in [0.1, 0.15) is 5.82 Å². The fourth-order valence-electron chi connectivity index (χ4n) is 2.29. The van der Waals surface area contributed by atoms with Crippen molar-refractivity contribution in [1.82, 2.24) is 0 Å². The zero-order valence-corrected chi connectivity index (χ0v) is 8.87. The van der Waals surface area contributed by atoms with E-state index in [-0.39, 0.29) is 17.8 Å². The number of halogens is 1. The molecule has 0 spiro atoms. The van der Waals surface area contributed by atoms with Crippen LogP contribution in [-0.2, 0) is 4.79 Å². The van der Waals surface area contributed by atoms with Crippen molar-refractivity contribution in [3.8, 4) is 0 Å². The lowest BCUT2D eigenvalue weighted by molar-refractivity contribution is -0.118. The molecule has 1 N–H and O–H groups in total. The summed E-state index contributed by atoms with van der Waals surface area (Å²) < 4.78 is 13.2. The predicted octanol–water partition coefficient (Wildman–Crippen LogP) is 2.14. The van der Waals surface area contributed by atoms with Gasteiger partial charge in [-0.1, -0.05) is 0 Å². The third-order valence-corrected chi connectivity index (χ3v) is 3.36. The molecule has 2 aliphatic rings. The highest BCUT2D eigenvalue weighted by molar-refractivity contribution is 6.03. The van der Waals surface area contributed by atoms with E-state index in [4.69, 9.17) is 0 Å². The first-order chi connectivity index (χ1) is 7.75. The molecular formula is C12H13FN2O. The zero-order valence-electron chi connectivity index (χ0n) is 8.87. The molecule has 0 radical (unpaired) electrons. The number of fused-ring (bicyclic) bond motifs is 1. The number of hydrogen-bond donors (Lipinski definition) is 1.